The van der Waals surface area contributed by atoms with Gasteiger partial charge < -0.3 is 0 Å². The molecule has 0 bridgehead atoms. The van der Waals surface area contributed by atoms with Crippen LogP contribution in [0.5, 0.6) is 0 Å². The van der Waals surface area contributed by atoms with E-state index in [1.165, 1.54) is 144 Å². The molecule has 0 spiro atoms. The molecule has 0 radical (unpaired) electrons. The molecule has 0 fully saturated rings. The van der Waals surface area contributed by atoms with Crippen molar-refractivity contribution in [2.75, 3.05) is 6.54 Å². The Kier molecular flexibility index (Phi) is 17.9. The highest BCUT2D eigenvalue weighted by Gasteiger charge is 2.45. The maximum Gasteiger partial charge on any atom is 0.271 e. The van der Waals surface area contributed by atoms with Crippen LogP contribution in [-0.2, 0) is 23.7 Å². The quantitative estimate of drug-likeness (QED) is 0.0400. The number of imide groups is 1. The molecule has 7 heterocycles. The van der Waals surface area contributed by atoms with Crippen LogP contribution in [0.4, 0.5) is 0 Å². The number of fused-ring (bicyclic) bond motifs is 5. The van der Waals surface area contributed by atoms with E-state index in [-0.39, 0.29) is 22.6 Å². The van der Waals surface area contributed by atoms with E-state index in [1.807, 2.05) is 56.7 Å². The van der Waals surface area contributed by atoms with Crippen LogP contribution in [0.3, 0.4) is 0 Å². The van der Waals surface area contributed by atoms with Crippen molar-refractivity contribution in [3.8, 4) is 30.6 Å². The Morgan fingerprint density at radius 3 is 1.63 bits per heavy atom. The lowest BCUT2D eigenvalue weighted by Gasteiger charge is -2.30. The van der Waals surface area contributed by atoms with Crippen LogP contribution >= 0.6 is 68.0 Å². The zero-order valence-corrected chi connectivity index (χ0v) is 53.0. The summed E-state index contributed by atoms with van der Waals surface area (Å²) < 4.78 is 3.82. The summed E-state index contributed by atoms with van der Waals surface area (Å²) in [5.41, 5.74) is 8.27. The van der Waals surface area contributed by atoms with Gasteiger partial charge in [0, 0.05) is 88.2 Å². The molecule has 2 amide bonds. The standard InChI is InChI=1S/C69H81NO2S6/c1-11-17-20-28-35-50-43(7)38-52(73-50)56-48-40-54(75-60(48)57(53-39-44(8)51(74-53)36-29-21-18-12-2)49-41-55(76-61(49)56)68(9,16-6)46-31-24-22-25-32-46)62-63-58(65(78-62)69(10,37-14-4)47-33-26-23-27-34-47)59-64(77-63)67(72)70(66(59)71)42-45(15-5)30-19-13-3/h22-27,31-34,38-41,45H,11-21,28-30,35-37,42H2,1-10H3. The first-order valence-corrected chi connectivity index (χ1v) is 34.5. The SMILES string of the molecule is CCCCCCc1sc(-c2c3cc(C(C)(CC)c4ccccc4)sc3c(-c3cc(C)c(CCCCCC)s3)c3cc(-c4sc(C(C)(CCC)c5ccccc5)c5c6c(sc45)C(=O)N(CC(CC)CCCC)C6=O)sc23)cc1C. The average Bonchev–Trinajstić information content (AvgIpc) is 4.31. The number of carbonyl (C=O) groups excluding carboxylic acids is 2. The largest absolute Gasteiger partial charge is 0.273 e. The zero-order valence-electron chi connectivity index (χ0n) is 48.1. The predicted octanol–water partition coefficient (Wildman–Crippen LogP) is 23.0. The smallest absolute Gasteiger partial charge is 0.271 e. The van der Waals surface area contributed by atoms with E-state index in [0.717, 1.165) is 67.9 Å². The lowest BCUT2D eigenvalue weighted by molar-refractivity contribution is 0.0626. The lowest BCUT2D eigenvalue weighted by Crippen LogP contribution is -2.34. The molecule has 9 aromatic rings. The molecule has 3 unspecified atom stereocenters. The summed E-state index contributed by atoms with van der Waals surface area (Å²) in [6, 6.07) is 32.4. The van der Waals surface area contributed by atoms with Gasteiger partial charge in [-0.1, -0.05) is 180 Å². The fourth-order valence-electron chi connectivity index (χ4n) is 12.5. The summed E-state index contributed by atoms with van der Waals surface area (Å²) in [5, 5.41) is 3.70. The van der Waals surface area contributed by atoms with Crippen molar-refractivity contribution in [2.45, 2.75) is 189 Å². The number of rotatable bonds is 26. The van der Waals surface area contributed by atoms with Crippen molar-refractivity contribution >= 4 is 110 Å². The van der Waals surface area contributed by atoms with E-state index in [0.29, 0.717) is 22.9 Å². The van der Waals surface area contributed by atoms with Crippen molar-refractivity contribution in [3.63, 3.8) is 0 Å². The zero-order chi connectivity index (χ0) is 54.9. The second-order valence-corrected chi connectivity index (χ2v) is 29.3. The number of hydrogen-bond donors (Lipinski definition) is 0. The van der Waals surface area contributed by atoms with Crippen LogP contribution in [0.1, 0.15) is 213 Å². The Balaban J connectivity index is 1.26. The monoisotopic (exact) mass is 1150 g/mol. The van der Waals surface area contributed by atoms with Crippen LogP contribution in [0.2, 0.25) is 0 Å². The number of thiophene rings is 6. The van der Waals surface area contributed by atoms with Gasteiger partial charge in [0.05, 0.1) is 15.1 Å². The van der Waals surface area contributed by atoms with E-state index < -0.39 is 0 Å². The van der Waals surface area contributed by atoms with Crippen molar-refractivity contribution in [2.24, 2.45) is 5.92 Å². The van der Waals surface area contributed by atoms with Gasteiger partial charge in [-0.05, 0) is 111 Å². The fraction of sp³-hybridized carbons (Fsp3) is 0.449. The summed E-state index contributed by atoms with van der Waals surface area (Å²) in [4.78, 5) is 43.1. The Labute approximate surface area is 490 Å². The second kappa shape index (κ2) is 24.5. The second-order valence-electron chi connectivity index (χ2n) is 22.9. The molecule has 1 aliphatic heterocycles. The summed E-state index contributed by atoms with van der Waals surface area (Å²) in [5.74, 6) is 0.0933. The van der Waals surface area contributed by atoms with Crippen LogP contribution in [-0.4, -0.2) is 23.3 Å². The summed E-state index contributed by atoms with van der Waals surface area (Å²) in [7, 11) is 0. The van der Waals surface area contributed by atoms with Crippen molar-refractivity contribution < 1.29 is 9.59 Å². The van der Waals surface area contributed by atoms with Gasteiger partial charge in [-0.25, -0.2) is 0 Å². The maximum atomic E-state index is 15.2. The molecule has 0 aliphatic carbocycles. The van der Waals surface area contributed by atoms with Gasteiger partial charge in [0.25, 0.3) is 11.8 Å². The molecule has 0 N–H and O–H groups in total. The van der Waals surface area contributed by atoms with Crippen LogP contribution < -0.4 is 0 Å². The molecular formula is C69H81NO2S6. The van der Waals surface area contributed by atoms with E-state index in [9.17, 15) is 4.79 Å². The van der Waals surface area contributed by atoms with E-state index >= 15 is 4.79 Å². The number of aryl methyl sites for hydroxylation is 4. The molecule has 3 nitrogen and oxygen atoms in total. The lowest BCUT2D eigenvalue weighted by atomic mass is 9.76. The molecular weight excluding hydrogens is 1070 g/mol. The van der Waals surface area contributed by atoms with Crippen LogP contribution in [0.25, 0.3) is 60.9 Å². The first-order chi connectivity index (χ1) is 37.8. The first-order valence-electron chi connectivity index (χ1n) is 29.6. The van der Waals surface area contributed by atoms with Gasteiger partial charge in [-0.3, -0.25) is 14.5 Å². The number of unbranched alkanes of at least 4 members (excludes halogenated alkanes) is 7. The minimum absolute atomic E-state index is 0.0997. The molecule has 1 aliphatic rings. The predicted molar refractivity (Wildman–Crippen MR) is 347 cm³/mol. The normalized spacial score (nSPS) is 14.9. The number of hydrogen-bond acceptors (Lipinski definition) is 8. The molecule has 0 saturated heterocycles. The number of amides is 2. The van der Waals surface area contributed by atoms with Crippen molar-refractivity contribution in [1.29, 1.82) is 0 Å². The highest BCUT2D eigenvalue weighted by Crippen LogP contribution is 2.59. The first kappa shape index (κ1) is 57.0. The topological polar surface area (TPSA) is 37.4 Å². The molecule has 6 aromatic heterocycles. The third-order valence-corrected chi connectivity index (χ3v) is 25.6. The van der Waals surface area contributed by atoms with Crippen LogP contribution in [0.15, 0.2) is 84.9 Å². The summed E-state index contributed by atoms with van der Waals surface area (Å²) >= 11 is 11.5. The van der Waals surface area contributed by atoms with Gasteiger partial charge in [0.1, 0.15) is 4.88 Å². The molecule has 0 saturated carbocycles. The van der Waals surface area contributed by atoms with Gasteiger partial charge in [0.15, 0.2) is 0 Å². The maximum absolute atomic E-state index is 15.2. The molecule has 78 heavy (non-hydrogen) atoms. The van der Waals surface area contributed by atoms with Gasteiger partial charge in [-0.2, -0.15) is 0 Å². The van der Waals surface area contributed by atoms with Crippen molar-refractivity contribution in [1.82, 2.24) is 4.90 Å². The number of nitrogens with zero attached hydrogens (tertiary/aromatic N) is 1. The summed E-state index contributed by atoms with van der Waals surface area (Å²) in [6.45, 7) is 23.7. The van der Waals surface area contributed by atoms with E-state index in [4.69, 9.17) is 0 Å². The third kappa shape index (κ3) is 10.5. The third-order valence-electron chi connectivity index (χ3n) is 17.5. The molecule has 410 valence electrons. The minimum Gasteiger partial charge on any atom is -0.273 e. The summed E-state index contributed by atoms with van der Waals surface area (Å²) in [6.07, 6.45) is 19.3. The molecule has 3 atom stereocenters. The fourth-order valence-corrected chi connectivity index (χ4v) is 21.0. The Morgan fingerprint density at radius 2 is 1.08 bits per heavy atom. The molecule has 10 rings (SSSR count). The Bertz CT molecular complexity index is 3450. The Hall–Kier alpha value is -4.22. The van der Waals surface area contributed by atoms with Gasteiger partial charge in [0.2, 0.25) is 0 Å². The average molecular weight is 1150 g/mol. The molecule has 9 heteroatoms. The minimum atomic E-state index is -0.378. The number of benzene rings is 3. The molecule has 3 aromatic carbocycles. The van der Waals surface area contributed by atoms with E-state index in [2.05, 4.69) is 154 Å². The highest BCUT2D eigenvalue weighted by molar-refractivity contribution is 7.32. The highest BCUT2D eigenvalue weighted by atomic mass is 32.1. The van der Waals surface area contributed by atoms with Gasteiger partial charge >= 0.3 is 0 Å². The van der Waals surface area contributed by atoms with E-state index in [1.54, 1.807) is 16.2 Å². The Morgan fingerprint density at radius 1 is 0.513 bits per heavy atom. The van der Waals surface area contributed by atoms with Crippen LogP contribution in [0, 0.1) is 19.8 Å². The van der Waals surface area contributed by atoms with Crippen molar-refractivity contribution in [3.05, 3.63) is 137 Å². The van der Waals surface area contributed by atoms with Gasteiger partial charge in [-0.15, -0.1) is 68.0 Å². The number of carbonyl (C=O) groups is 2.